The molecule has 2 heterocycles. The van der Waals surface area contributed by atoms with Gasteiger partial charge in [-0.2, -0.15) is 0 Å². The highest BCUT2D eigenvalue weighted by atomic mass is 32.1. The quantitative estimate of drug-likeness (QED) is 0.746. The Morgan fingerprint density at radius 1 is 1.43 bits per heavy atom. The lowest BCUT2D eigenvalue weighted by Gasteiger charge is -1.88. The van der Waals surface area contributed by atoms with E-state index in [1.165, 1.54) is 4.88 Å². The SMILES string of the molecule is O=CCCc1csc(-c2cccs2)n1. The maximum Gasteiger partial charge on any atom is 0.133 e. The summed E-state index contributed by atoms with van der Waals surface area (Å²) in [6.07, 6.45) is 2.25. The Labute approximate surface area is 90.2 Å². The van der Waals surface area contributed by atoms with E-state index in [0.29, 0.717) is 6.42 Å². The molecule has 0 spiro atoms. The van der Waals surface area contributed by atoms with Crippen LogP contribution >= 0.6 is 22.7 Å². The smallest absolute Gasteiger partial charge is 0.133 e. The fourth-order valence-electron chi connectivity index (χ4n) is 1.14. The third kappa shape index (κ3) is 2.08. The van der Waals surface area contributed by atoms with Crippen molar-refractivity contribution in [2.24, 2.45) is 0 Å². The van der Waals surface area contributed by atoms with Crippen molar-refractivity contribution in [3.05, 3.63) is 28.6 Å². The van der Waals surface area contributed by atoms with E-state index in [1.807, 2.05) is 16.8 Å². The summed E-state index contributed by atoms with van der Waals surface area (Å²) in [7, 11) is 0. The van der Waals surface area contributed by atoms with Gasteiger partial charge in [-0.3, -0.25) is 0 Å². The van der Waals surface area contributed by atoms with Crippen molar-refractivity contribution < 1.29 is 4.79 Å². The first-order valence-electron chi connectivity index (χ1n) is 4.32. The van der Waals surface area contributed by atoms with Gasteiger partial charge >= 0.3 is 0 Å². The van der Waals surface area contributed by atoms with E-state index < -0.39 is 0 Å². The number of thiophene rings is 1. The molecule has 0 radical (unpaired) electrons. The van der Waals surface area contributed by atoms with Crippen LogP contribution < -0.4 is 0 Å². The molecule has 4 heteroatoms. The van der Waals surface area contributed by atoms with Gasteiger partial charge in [-0.05, 0) is 17.9 Å². The molecule has 0 bridgehead atoms. The highest BCUT2D eigenvalue weighted by molar-refractivity contribution is 7.20. The first-order valence-corrected chi connectivity index (χ1v) is 6.08. The molecular formula is C10H9NOS2. The fourth-order valence-corrected chi connectivity index (χ4v) is 2.81. The van der Waals surface area contributed by atoms with Gasteiger partial charge in [0.2, 0.25) is 0 Å². The number of carbonyl (C=O) groups is 1. The van der Waals surface area contributed by atoms with Crippen molar-refractivity contribution in [3.8, 4) is 9.88 Å². The van der Waals surface area contributed by atoms with E-state index in [4.69, 9.17) is 0 Å². The zero-order chi connectivity index (χ0) is 9.80. The zero-order valence-electron chi connectivity index (χ0n) is 7.47. The molecule has 0 N–H and O–H groups in total. The molecule has 0 amide bonds. The summed E-state index contributed by atoms with van der Waals surface area (Å²) < 4.78 is 0. The van der Waals surface area contributed by atoms with Crippen LogP contribution in [-0.4, -0.2) is 11.3 Å². The molecule has 2 aromatic heterocycles. The van der Waals surface area contributed by atoms with E-state index in [9.17, 15) is 4.79 Å². The van der Waals surface area contributed by atoms with Gasteiger partial charge in [0.25, 0.3) is 0 Å². The lowest BCUT2D eigenvalue weighted by atomic mass is 10.3. The second kappa shape index (κ2) is 4.48. The molecule has 0 aliphatic rings. The highest BCUT2D eigenvalue weighted by Gasteiger charge is 2.04. The van der Waals surface area contributed by atoms with Crippen LogP contribution in [-0.2, 0) is 11.2 Å². The molecule has 2 aromatic rings. The first-order chi connectivity index (χ1) is 6.90. The van der Waals surface area contributed by atoms with Gasteiger partial charge in [0.05, 0.1) is 10.6 Å². The molecule has 2 rings (SSSR count). The molecule has 0 aliphatic heterocycles. The van der Waals surface area contributed by atoms with Crippen LogP contribution in [0.3, 0.4) is 0 Å². The predicted molar refractivity (Wildman–Crippen MR) is 59.8 cm³/mol. The summed E-state index contributed by atoms with van der Waals surface area (Å²) >= 11 is 3.33. The van der Waals surface area contributed by atoms with Gasteiger partial charge in [-0.1, -0.05) is 6.07 Å². The minimum absolute atomic E-state index is 0.563. The number of hydrogen-bond acceptors (Lipinski definition) is 4. The van der Waals surface area contributed by atoms with Crippen LogP contribution in [0.2, 0.25) is 0 Å². The Morgan fingerprint density at radius 2 is 2.36 bits per heavy atom. The standard InChI is InChI=1S/C10H9NOS2/c12-5-1-3-8-7-14-10(11-8)9-4-2-6-13-9/h2,4-7H,1,3H2. The molecule has 0 saturated heterocycles. The van der Waals surface area contributed by atoms with E-state index in [-0.39, 0.29) is 0 Å². The third-order valence-electron chi connectivity index (χ3n) is 1.80. The normalized spacial score (nSPS) is 10.3. The van der Waals surface area contributed by atoms with Gasteiger partial charge in [0.15, 0.2) is 0 Å². The number of carbonyl (C=O) groups excluding carboxylic acids is 1. The van der Waals surface area contributed by atoms with Gasteiger partial charge in [-0.15, -0.1) is 22.7 Å². The van der Waals surface area contributed by atoms with Crippen LogP contribution in [0, 0.1) is 0 Å². The van der Waals surface area contributed by atoms with Crippen molar-refractivity contribution in [1.29, 1.82) is 0 Å². The summed E-state index contributed by atoms with van der Waals surface area (Å²) in [5.41, 5.74) is 1.02. The van der Waals surface area contributed by atoms with Crippen LogP contribution in [0.1, 0.15) is 12.1 Å². The number of thiazole rings is 1. The predicted octanol–water partition coefficient (Wildman–Crippen LogP) is 3.00. The Balaban J connectivity index is 2.14. The van der Waals surface area contributed by atoms with Crippen LogP contribution in [0.5, 0.6) is 0 Å². The summed E-state index contributed by atoms with van der Waals surface area (Å²) in [6, 6.07) is 4.08. The van der Waals surface area contributed by atoms with Gasteiger partial charge in [-0.25, -0.2) is 4.98 Å². The zero-order valence-corrected chi connectivity index (χ0v) is 9.11. The number of aromatic nitrogens is 1. The highest BCUT2D eigenvalue weighted by Crippen LogP contribution is 2.27. The Kier molecular flexibility index (Phi) is 3.06. The molecule has 0 aromatic carbocycles. The molecule has 0 aliphatic carbocycles. The van der Waals surface area contributed by atoms with E-state index >= 15 is 0 Å². The number of rotatable bonds is 4. The largest absolute Gasteiger partial charge is 0.303 e. The second-order valence-electron chi connectivity index (χ2n) is 2.83. The van der Waals surface area contributed by atoms with E-state index in [0.717, 1.165) is 23.4 Å². The van der Waals surface area contributed by atoms with Crippen molar-refractivity contribution >= 4 is 29.0 Å². The first kappa shape index (κ1) is 9.55. The molecule has 0 unspecified atom stereocenters. The Morgan fingerprint density at radius 3 is 3.07 bits per heavy atom. The van der Waals surface area contributed by atoms with Crippen molar-refractivity contribution in [2.45, 2.75) is 12.8 Å². The van der Waals surface area contributed by atoms with Crippen LogP contribution in [0.15, 0.2) is 22.9 Å². The summed E-state index contributed by atoms with van der Waals surface area (Å²) in [5, 5.41) is 5.13. The Hall–Kier alpha value is -1.00. The summed E-state index contributed by atoms with van der Waals surface area (Å²) in [5.74, 6) is 0. The molecule has 2 nitrogen and oxygen atoms in total. The van der Waals surface area contributed by atoms with Gasteiger partial charge in [0, 0.05) is 11.8 Å². The van der Waals surface area contributed by atoms with Gasteiger partial charge in [0.1, 0.15) is 11.3 Å². The van der Waals surface area contributed by atoms with E-state index in [2.05, 4.69) is 11.1 Å². The number of aryl methyl sites for hydroxylation is 1. The van der Waals surface area contributed by atoms with Crippen LogP contribution in [0.25, 0.3) is 9.88 Å². The minimum atomic E-state index is 0.563. The molecule has 0 fully saturated rings. The molecule has 0 atom stereocenters. The minimum Gasteiger partial charge on any atom is -0.303 e. The van der Waals surface area contributed by atoms with Crippen molar-refractivity contribution in [1.82, 2.24) is 4.98 Å². The number of nitrogens with zero attached hydrogens (tertiary/aromatic N) is 1. The molecule has 14 heavy (non-hydrogen) atoms. The summed E-state index contributed by atoms with van der Waals surface area (Å²) in [6.45, 7) is 0. The number of hydrogen-bond donors (Lipinski definition) is 0. The maximum absolute atomic E-state index is 10.2. The summed E-state index contributed by atoms with van der Waals surface area (Å²) in [4.78, 5) is 15.9. The third-order valence-corrected chi connectivity index (χ3v) is 3.73. The molecular weight excluding hydrogens is 214 g/mol. The van der Waals surface area contributed by atoms with Crippen molar-refractivity contribution in [2.75, 3.05) is 0 Å². The van der Waals surface area contributed by atoms with E-state index in [1.54, 1.807) is 22.7 Å². The average molecular weight is 223 g/mol. The fraction of sp³-hybridized carbons (Fsp3) is 0.200. The monoisotopic (exact) mass is 223 g/mol. The average Bonchev–Trinajstić information content (AvgIpc) is 2.85. The molecule has 72 valence electrons. The maximum atomic E-state index is 10.2. The Bertz CT molecular complexity index is 405. The number of aldehydes is 1. The lowest BCUT2D eigenvalue weighted by Crippen LogP contribution is -1.85. The topological polar surface area (TPSA) is 30.0 Å². The lowest BCUT2D eigenvalue weighted by molar-refractivity contribution is -0.107. The van der Waals surface area contributed by atoms with Crippen molar-refractivity contribution in [3.63, 3.8) is 0 Å². The second-order valence-corrected chi connectivity index (χ2v) is 4.63. The van der Waals surface area contributed by atoms with Crippen LogP contribution in [0.4, 0.5) is 0 Å². The molecule has 0 saturated carbocycles. The van der Waals surface area contributed by atoms with Gasteiger partial charge < -0.3 is 4.79 Å².